The second kappa shape index (κ2) is 7.13. The van der Waals surface area contributed by atoms with Gasteiger partial charge in [-0.1, -0.05) is 18.2 Å². The van der Waals surface area contributed by atoms with Crippen molar-refractivity contribution in [1.29, 1.82) is 0 Å². The highest BCUT2D eigenvalue weighted by atomic mass is 16.5. The van der Waals surface area contributed by atoms with E-state index in [-0.39, 0.29) is 6.10 Å². The van der Waals surface area contributed by atoms with Crippen LogP contribution in [0.15, 0.2) is 48.9 Å². The maximum atomic E-state index is 6.06. The number of hydrogen-bond donors (Lipinski definition) is 1. The second-order valence-corrected chi connectivity index (χ2v) is 6.57. The Kier molecular flexibility index (Phi) is 4.53. The lowest BCUT2D eigenvalue weighted by Crippen LogP contribution is -2.21. The number of para-hydroxylation sites is 1. The number of aromatic nitrogens is 4. The van der Waals surface area contributed by atoms with Crippen LogP contribution in [-0.4, -0.2) is 50.9 Å². The van der Waals surface area contributed by atoms with Gasteiger partial charge in [-0.2, -0.15) is 4.98 Å². The first-order valence-electron chi connectivity index (χ1n) is 8.73. The van der Waals surface area contributed by atoms with Crippen LogP contribution in [0, 0.1) is 6.92 Å². The van der Waals surface area contributed by atoms with Crippen LogP contribution in [0.2, 0.25) is 0 Å². The van der Waals surface area contributed by atoms with E-state index < -0.39 is 0 Å². The van der Waals surface area contributed by atoms with Crippen molar-refractivity contribution >= 4 is 11.6 Å². The van der Waals surface area contributed by atoms with E-state index in [0.29, 0.717) is 5.95 Å². The van der Waals surface area contributed by atoms with Crippen LogP contribution in [-0.2, 0) is 0 Å². The molecule has 0 spiro atoms. The van der Waals surface area contributed by atoms with Gasteiger partial charge in [-0.3, -0.25) is 4.98 Å². The number of aryl methyl sites for hydroxylation is 1. The number of pyridine rings is 1. The molecule has 1 aliphatic heterocycles. The molecule has 0 saturated carbocycles. The summed E-state index contributed by atoms with van der Waals surface area (Å²) in [6.45, 7) is 3.96. The van der Waals surface area contributed by atoms with Crippen LogP contribution in [0.4, 0.5) is 11.6 Å². The van der Waals surface area contributed by atoms with Crippen LogP contribution in [0.5, 0.6) is 5.75 Å². The summed E-state index contributed by atoms with van der Waals surface area (Å²) in [6, 6.07) is 11.8. The Hall–Kier alpha value is -2.93. The van der Waals surface area contributed by atoms with Gasteiger partial charge in [-0.25, -0.2) is 4.68 Å². The van der Waals surface area contributed by atoms with Crippen LogP contribution in [0.25, 0.3) is 5.69 Å². The Morgan fingerprint density at radius 1 is 1.19 bits per heavy atom. The van der Waals surface area contributed by atoms with Crippen LogP contribution < -0.4 is 10.1 Å². The summed E-state index contributed by atoms with van der Waals surface area (Å²) >= 11 is 0. The maximum absolute atomic E-state index is 6.06. The molecule has 26 heavy (non-hydrogen) atoms. The zero-order valence-electron chi connectivity index (χ0n) is 15.0. The number of anilines is 2. The highest BCUT2D eigenvalue weighted by Gasteiger charge is 2.21. The molecule has 0 amide bonds. The molecule has 3 aromatic rings. The predicted molar refractivity (Wildman–Crippen MR) is 100 cm³/mol. The first kappa shape index (κ1) is 16.5. The minimum Gasteiger partial charge on any atom is -0.487 e. The zero-order chi connectivity index (χ0) is 17.9. The van der Waals surface area contributed by atoms with Gasteiger partial charge in [0, 0.05) is 19.2 Å². The van der Waals surface area contributed by atoms with Crippen LogP contribution >= 0.6 is 0 Å². The molecule has 1 unspecified atom stereocenters. The molecule has 1 saturated heterocycles. The SMILES string of the molecule is Cc1ncc(OC2CCN(C)C2)cc1Nc1ncn(-c2ccccc2)n1. The molecule has 134 valence electrons. The third-order valence-electron chi connectivity index (χ3n) is 4.47. The normalized spacial score (nSPS) is 17.4. The molecule has 1 N–H and O–H groups in total. The van der Waals surface area contributed by atoms with Gasteiger partial charge in [0.15, 0.2) is 0 Å². The molecule has 0 bridgehead atoms. The Morgan fingerprint density at radius 3 is 2.81 bits per heavy atom. The van der Waals surface area contributed by atoms with Crippen LogP contribution in [0.1, 0.15) is 12.1 Å². The fraction of sp³-hybridized carbons (Fsp3) is 0.316. The second-order valence-electron chi connectivity index (χ2n) is 6.57. The van der Waals surface area contributed by atoms with Gasteiger partial charge >= 0.3 is 0 Å². The molecule has 2 aromatic heterocycles. The molecule has 0 radical (unpaired) electrons. The Morgan fingerprint density at radius 2 is 2.04 bits per heavy atom. The summed E-state index contributed by atoms with van der Waals surface area (Å²) in [4.78, 5) is 11.0. The monoisotopic (exact) mass is 350 g/mol. The van der Waals surface area contributed by atoms with E-state index in [1.165, 1.54) is 0 Å². The van der Waals surface area contributed by atoms with E-state index in [9.17, 15) is 0 Å². The minimum absolute atomic E-state index is 0.216. The molecule has 7 heteroatoms. The van der Waals surface area contributed by atoms with Crippen molar-refractivity contribution in [3.8, 4) is 11.4 Å². The van der Waals surface area contributed by atoms with Gasteiger partial charge < -0.3 is 15.0 Å². The van der Waals surface area contributed by atoms with Gasteiger partial charge in [0.05, 0.1) is 23.3 Å². The molecule has 1 atom stereocenters. The van der Waals surface area contributed by atoms with E-state index >= 15 is 0 Å². The third-order valence-corrected chi connectivity index (χ3v) is 4.47. The summed E-state index contributed by atoms with van der Waals surface area (Å²) in [5, 5.41) is 7.72. The van der Waals surface area contributed by atoms with E-state index in [1.54, 1.807) is 17.2 Å². The Labute approximate surface area is 152 Å². The highest BCUT2D eigenvalue weighted by Crippen LogP contribution is 2.24. The van der Waals surface area contributed by atoms with E-state index in [4.69, 9.17) is 4.74 Å². The summed E-state index contributed by atoms with van der Waals surface area (Å²) in [5.41, 5.74) is 2.68. The van der Waals surface area contributed by atoms with Crippen LogP contribution in [0.3, 0.4) is 0 Å². The highest BCUT2D eigenvalue weighted by molar-refractivity contribution is 5.58. The fourth-order valence-corrected chi connectivity index (χ4v) is 3.03. The molecular weight excluding hydrogens is 328 g/mol. The average Bonchev–Trinajstić information content (AvgIpc) is 3.28. The van der Waals surface area contributed by atoms with Gasteiger partial charge in [-0.15, -0.1) is 5.10 Å². The fourth-order valence-electron chi connectivity index (χ4n) is 3.03. The molecule has 7 nitrogen and oxygen atoms in total. The van der Waals surface area contributed by atoms with Crippen molar-refractivity contribution in [2.45, 2.75) is 19.4 Å². The predicted octanol–water partition coefficient (Wildman–Crippen LogP) is 2.80. The van der Waals surface area contributed by atoms with Gasteiger partial charge in [-0.05, 0) is 32.5 Å². The quantitative estimate of drug-likeness (QED) is 0.763. The van der Waals surface area contributed by atoms with Gasteiger partial charge in [0.2, 0.25) is 5.95 Å². The molecule has 4 rings (SSSR count). The number of ether oxygens (including phenoxy) is 1. The van der Waals surface area contributed by atoms with Crippen molar-refractivity contribution in [2.24, 2.45) is 0 Å². The van der Waals surface area contributed by atoms with Gasteiger partial charge in [0.25, 0.3) is 0 Å². The van der Waals surface area contributed by atoms with Gasteiger partial charge in [0.1, 0.15) is 18.2 Å². The number of benzene rings is 1. The van der Waals surface area contributed by atoms with E-state index in [0.717, 1.165) is 42.3 Å². The Balaban J connectivity index is 1.49. The first-order valence-corrected chi connectivity index (χ1v) is 8.73. The summed E-state index contributed by atoms with van der Waals surface area (Å²) in [6.07, 6.45) is 4.72. The maximum Gasteiger partial charge on any atom is 0.247 e. The van der Waals surface area contributed by atoms with E-state index in [1.807, 2.05) is 43.3 Å². The third kappa shape index (κ3) is 3.67. The number of likely N-dealkylation sites (tertiary alicyclic amines) is 1. The summed E-state index contributed by atoms with van der Waals surface area (Å²) in [7, 11) is 2.11. The smallest absolute Gasteiger partial charge is 0.247 e. The summed E-state index contributed by atoms with van der Waals surface area (Å²) in [5.74, 6) is 1.29. The van der Waals surface area contributed by atoms with E-state index in [2.05, 4.69) is 32.3 Å². The van der Waals surface area contributed by atoms with Crippen molar-refractivity contribution in [2.75, 3.05) is 25.5 Å². The molecule has 1 aliphatic rings. The zero-order valence-corrected chi connectivity index (χ0v) is 15.0. The largest absolute Gasteiger partial charge is 0.487 e. The lowest BCUT2D eigenvalue weighted by atomic mass is 10.3. The number of nitrogens with one attached hydrogen (secondary N) is 1. The Bertz CT molecular complexity index is 879. The van der Waals surface area contributed by atoms with Crippen molar-refractivity contribution < 1.29 is 4.74 Å². The van der Waals surface area contributed by atoms with Crippen molar-refractivity contribution in [1.82, 2.24) is 24.6 Å². The molecule has 1 fully saturated rings. The topological polar surface area (TPSA) is 68.1 Å². The van der Waals surface area contributed by atoms with Crippen molar-refractivity contribution in [3.63, 3.8) is 0 Å². The average molecular weight is 350 g/mol. The van der Waals surface area contributed by atoms with Crippen molar-refractivity contribution in [3.05, 3.63) is 54.6 Å². The molecule has 0 aliphatic carbocycles. The molecular formula is C19H22N6O. The first-order chi connectivity index (χ1) is 12.7. The summed E-state index contributed by atoms with van der Waals surface area (Å²) < 4.78 is 7.80. The minimum atomic E-state index is 0.216. The number of hydrogen-bond acceptors (Lipinski definition) is 6. The lowest BCUT2D eigenvalue weighted by molar-refractivity contribution is 0.207. The number of nitrogens with zero attached hydrogens (tertiary/aromatic N) is 5. The molecule has 3 heterocycles. The number of likely N-dealkylation sites (N-methyl/N-ethyl adjacent to an activating group) is 1. The molecule has 1 aromatic carbocycles. The number of rotatable bonds is 5. The standard InChI is InChI=1S/C19H22N6O/c1-14-18(10-17(11-20-14)26-16-8-9-24(2)12-16)22-19-21-13-25(23-19)15-6-4-3-5-7-15/h3-7,10-11,13,16H,8-9,12H2,1-2H3,(H,22,23). The lowest BCUT2D eigenvalue weighted by Gasteiger charge is -2.15.